The smallest absolute Gasteiger partial charge is 0.0970 e. The second kappa shape index (κ2) is 4.72. The van der Waals surface area contributed by atoms with Crippen LogP contribution in [0.4, 0.5) is 0 Å². The summed E-state index contributed by atoms with van der Waals surface area (Å²) in [5.74, 6) is 0. The van der Waals surface area contributed by atoms with E-state index in [4.69, 9.17) is 0 Å². The van der Waals surface area contributed by atoms with Gasteiger partial charge >= 0.3 is 0 Å². The molecule has 0 aliphatic carbocycles. The number of hydrogen-bond donors (Lipinski definition) is 1. The van der Waals surface area contributed by atoms with Gasteiger partial charge in [-0.2, -0.15) is 5.10 Å². The lowest BCUT2D eigenvalue weighted by Crippen LogP contribution is -2.05. The molecule has 2 rings (SSSR count). The van der Waals surface area contributed by atoms with Crippen molar-refractivity contribution in [3.05, 3.63) is 41.1 Å². The van der Waals surface area contributed by atoms with Crippen molar-refractivity contribution in [3.8, 4) is 11.3 Å². The summed E-state index contributed by atoms with van der Waals surface area (Å²) in [6, 6.07) is 6.37. The average Bonchev–Trinajstić information content (AvgIpc) is 2.64. The average molecular weight is 229 g/mol. The maximum absolute atomic E-state index is 4.58. The largest absolute Gasteiger partial charge is 0.316 e. The molecule has 0 spiro atoms. The van der Waals surface area contributed by atoms with Crippen LogP contribution < -0.4 is 5.32 Å². The molecule has 0 radical (unpaired) electrons. The summed E-state index contributed by atoms with van der Waals surface area (Å²) >= 11 is 0. The Morgan fingerprint density at radius 2 is 2.06 bits per heavy atom. The molecule has 0 atom stereocenters. The summed E-state index contributed by atoms with van der Waals surface area (Å²) in [7, 11) is 3.92. The third-order valence-corrected chi connectivity index (χ3v) is 3.13. The minimum absolute atomic E-state index is 0.844. The summed E-state index contributed by atoms with van der Waals surface area (Å²) in [5, 5.41) is 7.77. The normalized spacial score (nSPS) is 10.8. The molecule has 1 N–H and O–H groups in total. The highest BCUT2D eigenvalue weighted by Gasteiger charge is 2.12. The number of hydrogen-bond acceptors (Lipinski definition) is 2. The zero-order valence-electron chi connectivity index (χ0n) is 10.9. The molecule has 0 fully saturated rings. The first-order valence-electron chi connectivity index (χ1n) is 5.87. The predicted molar refractivity (Wildman–Crippen MR) is 70.9 cm³/mol. The van der Waals surface area contributed by atoms with Gasteiger partial charge in [-0.15, -0.1) is 0 Å². The Kier molecular flexibility index (Phi) is 3.29. The van der Waals surface area contributed by atoms with Gasteiger partial charge in [-0.1, -0.05) is 18.2 Å². The first-order chi connectivity index (χ1) is 8.13. The van der Waals surface area contributed by atoms with Crippen molar-refractivity contribution in [2.45, 2.75) is 20.4 Å². The van der Waals surface area contributed by atoms with Crippen LogP contribution in [0.2, 0.25) is 0 Å². The molecule has 90 valence electrons. The highest BCUT2D eigenvalue weighted by Crippen LogP contribution is 2.26. The number of rotatable bonds is 3. The molecule has 0 amide bonds. The van der Waals surface area contributed by atoms with Crippen molar-refractivity contribution in [2.24, 2.45) is 7.05 Å². The minimum atomic E-state index is 0.844. The van der Waals surface area contributed by atoms with Gasteiger partial charge in [-0.05, 0) is 32.0 Å². The van der Waals surface area contributed by atoms with Gasteiger partial charge in [0, 0.05) is 30.9 Å². The van der Waals surface area contributed by atoms with Crippen molar-refractivity contribution >= 4 is 0 Å². The van der Waals surface area contributed by atoms with Crippen LogP contribution >= 0.6 is 0 Å². The summed E-state index contributed by atoms with van der Waals surface area (Å²) in [5.41, 5.74) is 6.18. The number of aromatic nitrogens is 2. The monoisotopic (exact) mass is 229 g/mol. The molecule has 0 saturated carbocycles. The molecule has 2 aromatic rings. The van der Waals surface area contributed by atoms with Gasteiger partial charge in [0.2, 0.25) is 0 Å². The fraction of sp³-hybridized carbons (Fsp3) is 0.357. The number of nitrogens with one attached hydrogen (secondary N) is 1. The Morgan fingerprint density at radius 3 is 2.76 bits per heavy atom. The van der Waals surface area contributed by atoms with Gasteiger partial charge in [-0.25, -0.2) is 0 Å². The van der Waals surface area contributed by atoms with Crippen molar-refractivity contribution in [1.29, 1.82) is 0 Å². The van der Waals surface area contributed by atoms with Crippen LogP contribution in [0.25, 0.3) is 11.3 Å². The summed E-state index contributed by atoms with van der Waals surface area (Å²) in [6.07, 6.45) is 2.08. The van der Waals surface area contributed by atoms with Gasteiger partial charge in [0.25, 0.3) is 0 Å². The van der Waals surface area contributed by atoms with Gasteiger partial charge in [-0.3, -0.25) is 4.68 Å². The SMILES string of the molecule is CNCc1cn(C)nc1-c1cccc(C)c1C. The van der Waals surface area contributed by atoms with E-state index in [9.17, 15) is 0 Å². The standard InChI is InChI=1S/C14H19N3/c1-10-6-5-7-13(11(10)2)14-12(8-15-3)9-17(4)16-14/h5-7,9,15H,8H2,1-4H3. The van der Waals surface area contributed by atoms with Crippen molar-refractivity contribution in [2.75, 3.05) is 7.05 Å². The van der Waals surface area contributed by atoms with E-state index in [0.29, 0.717) is 0 Å². The van der Waals surface area contributed by atoms with Crippen molar-refractivity contribution in [1.82, 2.24) is 15.1 Å². The molecule has 3 nitrogen and oxygen atoms in total. The zero-order valence-corrected chi connectivity index (χ0v) is 10.9. The van der Waals surface area contributed by atoms with E-state index >= 15 is 0 Å². The fourth-order valence-corrected chi connectivity index (χ4v) is 2.09. The van der Waals surface area contributed by atoms with Gasteiger partial charge in [0.05, 0.1) is 5.69 Å². The third-order valence-electron chi connectivity index (χ3n) is 3.13. The predicted octanol–water partition coefficient (Wildman–Crippen LogP) is 2.42. The van der Waals surface area contributed by atoms with E-state index < -0.39 is 0 Å². The van der Waals surface area contributed by atoms with Gasteiger partial charge in [0.15, 0.2) is 0 Å². The zero-order chi connectivity index (χ0) is 12.4. The van der Waals surface area contributed by atoms with Gasteiger partial charge < -0.3 is 5.32 Å². The highest BCUT2D eigenvalue weighted by molar-refractivity contribution is 5.67. The number of benzene rings is 1. The summed E-state index contributed by atoms with van der Waals surface area (Å²) in [6.45, 7) is 5.14. The van der Waals surface area contributed by atoms with Crippen LogP contribution in [0.15, 0.2) is 24.4 Å². The van der Waals surface area contributed by atoms with E-state index in [0.717, 1.165) is 12.2 Å². The molecular formula is C14H19N3. The molecule has 1 aromatic heterocycles. The molecule has 1 heterocycles. The van der Waals surface area contributed by atoms with E-state index in [2.05, 4.69) is 48.7 Å². The molecule has 1 aromatic carbocycles. The molecular weight excluding hydrogens is 210 g/mol. The molecule has 0 bridgehead atoms. The third kappa shape index (κ3) is 2.24. The number of aryl methyl sites for hydroxylation is 2. The molecule has 0 saturated heterocycles. The maximum Gasteiger partial charge on any atom is 0.0970 e. The van der Waals surface area contributed by atoms with Crippen LogP contribution in [0.5, 0.6) is 0 Å². The van der Waals surface area contributed by atoms with E-state index in [-0.39, 0.29) is 0 Å². The molecule has 0 aliphatic rings. The Balaban J connectivity index is 2.55. The topological polar surface area (TPSA) is 29.9 Å². The van der Waals surface area contributed by atoms with E-state index in [1.54, 1.807) is 0 Å². The molecule has 0 unspecified atom stereocenters. The quantitative estimate of drug-likeness (QED) is 0.876. The highest BCUT2D eigenvalue weighted by atomic mass is 15.3. The van der Waals surface area contributed by atoms with Crippen LogP contribution in [0, 0.1) is 13.8 Å². The lowest BCUT2D eigenvalue weighted by molar-refractivity contribution is 0.765. The molecule has 3 heteroatoms. The Hall–Kier alpha value is -1.61. The molecule has 0 aliphatic heterocycles. The van der Waals surface area contributed by atoms with Crippen LogP contribution in [0.1, 0.15) is 16.7 Å². The second-order valence-electron chi connectivity index (χ2n) is 4.45. The fourth-order valence-electron chi connectivity index (χ4n) is 2.09. The Morgan fingerprint density at radius 1 is 1.29 bits per heavy atom. The van der Waals surface area contributed by atoms with Gasteiger partial charge in [0.1, 0.15) is 0 Å². The van der Waals surface area contributed by atoms with Crippen molar-refractivity contribution < 1.29 is 0 Å². The second-order valence-corrected chi connectivity index (χ2v) is 4.45. The minimum Gasteiger partial charge on any atom is -0.316 e. The summed E-state index contributed by atoms with van der Waals surface area (Å²) < 4.78 is 1.88. The van der Waals surface area contributed by atoms with E-state index in [1.165, 1.54) is 22.3 Å². The lowest BCUT2D eigenvalue weighted by atomic mass is 9.99. The van der Waals surface area contributed by atoms with Crippen LogP contribution in [0.3, 0.4) is 0 Å². The Bertz CT molecular complexity index is 526. The van der Waals surface area contributed by atoms with Crippen molar-refractivity contribution in [3.63, 3.8) is 0 Å². The Labute approximate surface area is 102 Å². The first kappa shape index (κ1) is 11.9. The molecule has 17 heavy (non-hydrogen) atoms. The summed E-state index contributed by atoms with van der Waals surface area (Å²) in [4.78, 5) is 0. The van der Waals surface area contributed by atoms with E-state index in [1.807, 2.05) is 18.8 Å². The number of nitrogens with zero attached hydrogens (tertiary/aromatic N) is 2. The van der Waals surface area contributed by atoms with Crippen LogP contribution in [-0.4, -0.2) is 16.8 Å². The van der Waals surface area contributed by atoms with Crippen LogP contribution in [-0.2, 0) is 13.6 Å². The lowest BCUT2D eigenvalue weighted by Gasteiger charge is -2.08. The maximum atomic E-state index is 4.58. The first-order valence-corrected chi connectivity index (χ1v) is 5.87.